The summed E-state index contributed by atoms with van der Waals surface area (Å²) in [6.45, 7) is 3.01. The smallest absolute Gasteiger partial charge is 0.282 e. The molecule has 0 spiro atoms. The van der Waals surface area contributed by atoms with E-state index in [2.05, 4.69) is 51.0 Å². The number of amides is 1. The van der Waals surface area contributed by atoms with Crippen LogP contribution in [0.25, 0.3) is 134 Å². The summed E-state index contributed by atoms with van der Waals surface area (Å²) >= 11 is 27.1. The lowest BCUT2D eigenvalue weighted by Crippen LogP contribution is -2.59. The third-order valence-electron chi connectivity index (χ3n) is 18.1. The van der Waals surface area contributed by atoms with Gasteiger partial charge in [0.05, 0.1) is 93.7 Å². The van der Waals surface area contributed by atoms with E-state index in [1.165, 1.54) is 4.68 Å². The number of methoxy groups -OCH3 is 1. The van der Waals surface area contributed by atoms with Gasteiger partial charge in [-0.2, -0.15) is 20.4 Å². The molecule has 1 unspecified atom stereocenters. The lowest BCUT2D eigenvalue weighted by Gasteiger charge is -2.38. The minimum absolute atomic E-state index is 0.169. The van der Waals surface area contributed by atoms with Crippen LogP contribution in [-0.4, -0.2) is 148 Å². The molecule has 2 aliphatic rings. The number of hydrogen-bond donors (Lipinski definition) is 1. The summed E-state index contributed by atoms with van der Waals surface area (Å²) in [7, 11) is 1.66. The Morgan fingerprint density at radius 2 is 0.716 bits per heavy atom. The largest absolute Gasteiger partial charge is 0.391 e. The zero-order chi connectivity index (χ0) is 75.1. The van der Waals surface area contributed by atoms with Crippen LogP contribution in [0.1, 0.15) is 13.0 Å². The van der Waals surface area contributed by atoms with E-state index in [1.807, 2.05) is 247 Å². The molecule has 8 aromatic carbocycles. The normalized spacial score (nSPS) is 13.4. The molecule has 0 bridgehead atoms. The van der Waals surface area contributed by atoms with Crippen molar-refractivity contribution in [3.05, 3.63) is 263 Å². The Morgan fingerprint density at radius 3 is 1.03 bits per heavy atom. The van der Waals surface area contributed by atoms with Crippen molar-refractivity contribution < 1.29 is 28.2 Å². The van der Waals surface area contributed by atoms with Gasteiger partial charge in [-0.3, -0.25) is 4.79 Å². The fraction of sp³-hybridized carbons (Fsp3) is 0.159. The van der Waals surface area contributed by atoms with Gasteiger partial charge in [0.25, 0.3) is 5.92 Å². The zero-order valence-electron chi connectivity index (χ0n) is 58.4. The summed E-state index contributed by atoms with van der Waals surface area (Å²) in [6.07, 6.45) is -0.559. The second-order valence-corrected chi connectivity index (χ2v) is 27.2. The van der Waals surface area contributed by atoms with Gasteiger partial charge in [-0.15, -0.1) is 40.8 Å². The molecule has 8 aromatic heterocycles. The lowest BCUT2D eigenvalue weighted by atomic mass is 10.1. The summed E-state index contributed by atoms with van der Waals surface area (Å²) < 4.78 is 43.6. The SMILES string of the molecule is CC(O)Cn1nc(-c2ccccc2)c2c(Cl)c(-c3ccccc3)nnc21.COCCn1nc(-c2ccccc2)c2c(Cl)c(-c3ccccc3)nnc21.Clc1c(-c2ccccc2)nnc2c1c(-c1ccccc1)nn2C1COC1.O=C(Cn1nc(-c2ccccc2)c2c(Cl)c(-c3ccccc3)nnc21)N1CC(F)(F)C1. The minimum Gasteiger partial charge on any atom is -0.391 e. The van der Waals surface area contributed by atoms with Crippen molar-refractivity contribution in [2.45, 2.75) is 44.6 Å². The van der Waals surface area contributed by atoms with Crippen molar-refractivity contribution in [1.82, 2.24) is 84.8 Å². The van der Waals surface area contributed by atoms with E-state index < -0.39 is 31.0 Å². The third kappa shape index (κ3) is 15.3. The summed E-state index contributed by atoms with van der Waals surface area (Å²) in [5, 5.41) is 68.5. The maximum Gasteiger partial charge on any atom is 0.282 e. The molecular weight excluding hydrogens is 1470 g/mol. The van der Waals surface area contributed by atoms with Crippen LogP contribution in [0.3, 0.4) is 0 Å². The highest BCUT2D eigenvalue weighted by molar-refractivity contribution is 6.40. The Hall–Kier alpha value is -11.7. The Labute approximate surface area is 642 Å². The lowest BCUT2D eigenvalue weighted by molar-refractivity contribution is -0.166. The van der Waals surface area contributed by atoms with Crippen LogP contribution in [0.2, 0.25) is 20.1 Å². The van der Waals surface area contributed by atoms with Gasteiger partial charge in [0.1, 0.15) is 58.1 Å². The number of alkyl halides is 2. The van der Waals surface area contributed by atoms with Crippen molar-refractivity contribution in [1.29, 1.82) is 0 Å². The molecule has 2 fully saturated rings. The van der Waals surface area contributed by atoms with Crippen LogP contribution in [-0.2, 0) is 33.9 Å². The maximum atomic E-state index is 13.2. The van der Waals surface area contributed by atoms with Gasteiger partial charge in [0.2, 0.25) is 5.91 Å². The molecule has 109 heavy (non-hydrogen) atoms. The van der Waals surface area contributed by atoms with Crippen LogP contribution in [0.15, 0.2) is 243 Å². The van der Waals surface area contributed by atoms with E-state index >= 15 is 0 Å². The highest BCUT2D eigenvalue weighted by atomic mass is 35.5. The van der Waals surface area contributed by atoms with E-state index in [9.17, 15) is 18.7 Å². The molecule has 0 saturated carbocycles. The first-order valence-corrected chi connectivity index (χ1v) is 36.3. The van der Waals surface area contributed by atoms with Gasteiger partial charge < -0.3 is 19.5 Å². The fourth-order valence-corrected chi connectivity index (χ4v) is 14.0. The number of likely N-dealkylation sites (tertiary alicyclic amines) is 1. The van der Waals surface area contributed by atoms with Crippen LogP contribution in [0.4, 0.5) is 8.78 Å². The van der Waals surface area contributed by atoms with Gasteiger partial charge in [0.15, 0.2) is 22.6 Å². The molecule has 18 rings (SSSR count). The Bertz CT molecular complexity index is 5870. The first kappa shape index (κ1) is 72.9. The number of aliphatic hydroxyl groups excluding tert-OH is 1. The molecule has 0 aliphatic carbocycles. The number of carbonyl (C=O) groups is 1. The molecule has 544 valence electrons. The van der Waals surface area contributed by atoms with Crippen LogP contribution in [0.5, 0.6) is 0 Å². The van der Waals surface area contributed by atoms with E-state index in [0.29, 0.717) is 109 Å². The molecule has 2 aliphatic heterocycles. The molecule has 16 aromatic rings. The van der Waals surface area contributed by atoms with E-state index in [-0.39, 0.29) is 12.6 Å². The summed E-state index contributed by atoms with van der Waals surface area (Å²) in [6, 6.07) is 78.1. The molecule has 1 atom stereocenters. The number of fused-ring (bicyclic) bond motifs is 4. The van der Waals surface area contributed by atoms with Crippen molar-refractivity contribution >= 4 is 96.4 Å². The van der Waals surface area contributed by atoms with Crippen molar-refractivity contribution in [2.24, 2.45) is 0 Å². The van der Waals surface area contributed by atoms with Gasteiger partial charge in [-0.25, -0.2) is 27.5 Å². The second kappa shape index (κ2) is 32.4. The first-order valence-electron chi connectivity index (χ1n) is 34.8. The predicted octanol–water partition coefficient (Wildman–Crippen LogP) is 17.3. The first-order chi connectivity index (χ1) is 53.2. The average Bonchev–Trinajstić information content (AvgIpc) is 1.68. The van der Waals surface area contributed by atoms with E-state index in [4.69, 9.17) is 66.1 Å². The number of aromatic nitrogens is 16. The van der Waals surface area contributed by atoms with Crippen molar-refractivity contribution in [3.63, 3.8) is 0 Å². The van der Waals surface area contributed by atoms with Gasteiger partial charge in [-0.1, -0.05) is 289 Å². The molecule has 27 heteroatoms. The summed E-state index contributed by atoms with van der Waals surface area (Å²) in [4.78, 5) is 13.6. The highest BCUT2D eigenvalue weighted by Crippen LogP contribution is 2.43. The number of carbonyl (C=O) groups excluding carboxylic acids is 1. The number of hydrogen-bond acceptors (Lipinski definition) is 16. The van der Waals surface area contributed by atoms with Crippen molar-refractivity contribution in [3.8, 4) is 90.1 Å². The van der Waals surface area contributed by atoms with Gasteiger partial charge >= 0.3 is 0 Å². The molecule has 0 radical (unpaired) electrons. The number of halogens is 6. The Kier molecular flexibility index (Phi) is 21.7. The fourth-order valence-electron chi connectivity index (χ4n) is 12.7. The van der Waals surface area contributed by atoms with Crippen LogP contribution >= 0.6 is 46.4 Å². The Balaban J connectivity index is 0.000000116. The summed E-state index contributed by atoms with van der Waals surface area (Å²) in [5.41, 5.74) is 14.9. The molecule has 1 amide bonds. The molecule has 21 nitrogen and oxygen atoms in total. The highest BCUT2D eigenvalue weighted by Gasteiger charge is 2.46. The number of aliphatic hydroxyl groups is 1. The maximum absolute atomic E-state index is 13.2. The number of nitrogens with zero attached hydrogens (tertiary/aromatic N) is 17. The van der Waals surface area contributed by atoms with Crippen LogP contribution < -0.4 is 0 Å². The number of benzene rings is 8. The molecular formula is C82H65Cl4F2N17O4. The molecule has 10 heterocycles. The second-order valence-electron chi connectivity index (χ2n) is 25.7. The quantitative estimate of drug-likeness (QED) is 0.0947. The monoisotopic (exact) mass is 1530 g/mol. The number of rotatable bonds is 16. The van der Waals surface area contributed by atoms with Crippen molar-refractivity contribution in [2.75, 3.05) is 40.0 Å². The standard InChI is InChI=1S/C22H16ClF2N5O.C20H15ClN4O.2C20H17ClN4O/c23-18-17-19(14-7-3-1-4-8-14)28-30(11-16(31)29-12-22(24,25)13-29)21(17)27-26-20(18)15-9-5-2-6-10-15;21-17-16-18(13-7-3-1-4-8-13)24-25(15-11-26-12-15)20(16)23-22-19(17)14-9-5-2-6-10-14;1-26-13-12-25-20-16(18(24-25)14-8-4-2-5-9-14)17(21)19(22-23-20)15-10-6-3-7-11-15;1-13(26)12-25-20-16(18(24-25)14-8-4-2-5-9-14)17(21)19(22-23-20)15-10-6-3-7-11-15/h1-10H,11-13H2;1-10,15H,11-12H2;2-11H,12-13H2,1H3;2-11,13,26H,12H2,1H3. The minimum atomic E-state index is -2.83. The molecule has 1 N–H and O–H groups in total. The van der Waals surface area contributed by atoms with Gasteiger partial charge in [-0.05, 0) is 6.92 Å². The van der Waals surface area contributed by atoms with E-state index in [0.717, 1.165) is 82.6 Å². The van der Waals surface area contributed by atoms with Gasteiger partial charge in [0, 0.05) is 51.6 Å². The third-order valence-corrected chi connectivity index (χ3v) is 19.6. The number of ether oxygens (including phenoxy) is 2. The topological polar surface area (TPSA) is 233 Å². The molecule has 2 saturated heterocycles. The Morgan fingerprint density at radius 1 is 0.431 bits per heavy atom. The van der Waals surface area contributed by atoms with Crippen LogP contribution in [0, 0.1) is 0 Å². The average molecular weight is 1530 g/mol. The predicted molar refractivity (Wildman–Crippen MR) is 420 cm³/mol. The zero-order valence-corrected chi connectivity index (χ0v) is 61.5. The summed E-state index contributed by atoms with van der Waals surface area (Å²) in [5.74, 6) is -3.29. The van der Waals surface area contributed by atoms with E-state index in [1.54, 1.807) is 23.4 Å².